The van der Waals surface area contributed by atoms with Gasteiger partial charge in [0.15, 0.2) is 11.8 Å². The van der Waals surface area contributed by atoms with Crippen molar-refractivity contribution in [1.29, 1.82) is 0 Å². The highest BCUT2D eigenvalue weighted by atomic mass is 16.5. The summed E-state index contributed by atoms with van der Waals surface area (Å²) >= 11 is 0. The predicted octanol–water partition coefficient (Wildman–Crippen LogP) is 3.98. The number of aryl methyl sites for hydroxylation is 1. The van der Waals surface area contributed by atoms with Crippen molar-refractivity contribution in [3.8, 4) is 0 Å². The van der Waals surface area contributed by atoms with Crippen LogP contribution in [0.4, 0.5) is 5.69 Å². The fourth-order valence-corrected chi connectivity index (χ4v) is 3.03. The van der Waals surface area contributed by atoms with Gasteiger partial charge in [-0.2, -0.15) is 0 Å². The van der Waals surface area contributed by atoms with Gasteiger partial charge in [0.2, 0.25) is 0 Å². The zero-order chi connectivity index (χ0) is 19.7. The first kappa shape index (κ1) is 17.7. The molecule has 4 aromatic rings. The summed E-state index contributed by atoms with van der Waals surface area (Å²) < 4.78 is 7.10. The first-order valence-electron chi connectivity index (χ1n) is 8.96. The normalized spacial score (nSPS) is 12.1. The van der Waals surface area contributed by atoms with Crippen LogP contribution >= 0.6 is 0 Å². The van der Waals surface area contributed by atoms with Gasteiger partial charge < -0.3 is 14.5 Å². The number of carbonyl (C=O) groups is 2. The van der Waals surface area contributed by atoms with Crippen LogP contribution in [0.1, 0.15) is 23.1 Å². The molecule has 1 unspecified atom stereocenters. The summed E-state index contributed by atoms with van der Waals surface area (Å²) in [5.41, 5.74) is 2.42. The van der Waals surface area contributed by atoms with Gasteiger partial charge in [-0.15, -0.1) is 0 Å². The molecule has 0 spiro atoms. The Hall–Kier alpha value is -3.67. The van der Waals surface area contributed by atoms with Gasteiger partial charge in [0.1, 0.15) is 5.65 Å². The van der Waals surface area contributed by atoms with Crippen LogP contribution < -0.4 is 5.32 Å². The molecular formula is C22H19N3O3. The van der Waals surface area contributed by atoms with E-state index in [2.05, 4.69) is 10.3 Å². The lowest BCUT2D eigenvalue weighted by Gasteiger charge is -2.13. The van der Waals surface area contributed by atoms with Crippen LogP contribution in [0.5, 0.6) is 0 Å². The summed E-state index contributed by atoms with van der Waals surface area (Å²) in [6.45, 7) is 3.46. The van der Waals surface area contributed by atoms with E-state index in [4.69, 9.17) is 4.74 Å². The van der Waals surface area contributed by atoms with Crippen LogP contribution in [-0.2, 0) is 9.53 Å². The molecule has 0 fully saturated rings. The monoisotopic (exact) mass is 373 g/mol. The first-order chi connectivity index (χ1) is 13.5. The Bertz CT molecular complexity index is 1200. The van der Waals surface area contributed by atoms with Crippen LogP contribution in [0.2, 0.25) is 0 Å². The maximum Gasteiger partial charge on any atom is 0.359 e. The van der Waals surface area contributed by atoms with Crippen molar-refractivity contribution in [3.63, 3.8) is 0 Å². The Morgan fingerprint density at radius 1 is 1.04 bits per heavy atom. The Morgan fingerprint density at radius 2 is 1.82 bits per heavy atom. The van der Waals surface area contributed by atoms with Gasteiger partial charge in [0, 0.05) is 17.6 Å². The standard InChI is InChI=1S/C22H19N3O3/c1-14-6-5-9-20-24-19(13-25(14)20)22(27)28-15(2)21(26)23-18-11-10-16-7-3-4-8-17(16)12-18/h3-13,15H,1-2H3,(H,23,26). The number of imidazole rings is 1. The van der Waals surface area contributed by atoms with E-state index in [1.807, 2.05) is 61.5 Å². The molecule has 2 heterocycles. The minimum atomic E-state index is -0.954. The summed E-state index contributed by atoms with van der Waals surface area (Å²) in [4.78, 5) is 29.1. The zero-order valence-corrected chi connectivity index (χ0v) is 15.5. The maximum absolute atomic E-state index is 12.4. The smallest absolute Gasteiger partial charge is 0.359 e. The fraction of sp³-hybridized carbons (Fsp3) is 0.136. The lowest BCUT2D eigenvalue weighted by molar-refractivity contribution is -0.123. The minimum Gasteiger partial charge on any atom is -0.448 e. The molecule has 0 saturated carbocycles. The number of anilines is 1. The number of hydrogen-bond acceptors (Lipinski definition) is 4. The topological polar surface area (TPSA) is 72.7 Å². The van der Waals surface area contributed by atoms with E-state index < -0.39 is 18.0 Å². The number of nitrogens with zero attached hydrogens (tertiary/aromatic N) is 2. The number of ether oxygens (including phenoxy) is 1. The number of nitrogens with one attached hydrogen (secondary N) is 1. The van der Waals surface area contributed by atoms with Crippen LogP contribution in [0, 0.1) is 6.92 Å². The highest BCUT2D eigenvalue weighted by Crippen LogP contribution is 2.19. The Balaban J connectivity index is 1.45. The van der Waals surface area contributed by atoms with Crippen LogP contribution in [0.25, 0.3) is 16.4 Å². The molecule has 4 rings (SSSR count). The number of pyridine rings is 1. The van der Waals surface area contributed by atoms with Crippen molar-refractivity contribution in [3.05, 3.63) is 78.2 Å². The molecule has 2 aromatic heterocycles. The van der Waals surface area contributed by atoms with Gasteiger partial charge in [-0.1, -0.05) is 36.4 Å². The number of esters is 1. The van der Waals surface area contributed by atoms with Crippen molar-refractivity contribution < 1.29 is 14.3 Å². The maximum atomic E-state index is 12.4. The lowest BCUT2D eigenvalue weighted by atomic mass is 10.1. The third-order valence-corrected chi connectivity index (χ3v) is 4.58. The van der Waals surface area contributed by atoms with Gasteiger partial charge >= 0.3 is 5.97 Å². The second-order valence-corrected chi connectivity index (χ2v) is 6.62. The Kier molecular flexibility index (Phi) is 4.53. The molecule has 2 aromatic carbocycles. The van der Waals surface area contributed by atoms with Crippen molar-refractivity contribution in [2.75, 3.05) is 5.32 Å². The molecule has 140 valence electrons. The number of carbonyl (C=O) groups excluding carboxylic acids is 2. The highest BCUT2D eigenvalue weighted by molar-refractivity contribution is 5.98. The van der Waals surface area contributed by atoms with Gasteiger partial charge in [-0.25, -0.2) is 9.78 Å². The molecule has 0 bridgehead atoms. The first-order valence-corrected chi connectivity index (χ1v) is 8.96. The van der Waals surface area contributed by atoms with Crippen molar-refractivity contribution in [2.45, 2.75) is 20.0 Å². The second-order valence-electron chi connectivity index (χ2n) is 6.62. The summed E-state index contributed by atoms with van der Waals surface area (Å²) in [6, 6.07) is 19.1. The molecule has 0 aliphatic rings. The van der Waals surface area contributed by atoms with Crippen LogP contribution in [-0.4, -0.2) is 27.4 Å². The van der Waals surface area contributed by atoms with E-state index in [9.17, 15) is 9.59 Å². The summed E-state index contributed by atoms with van der Waals surface area (Å²) in [7, 11) is 0. The molecule has 1 amide bonds. The number of amides is 1. The van der Waals surface area contributed by atoms with Crippen LogP contribution in [0.15, 0.2) is 66.9 Å². The van der Waals surface area contributed by atoms with E-state index in [0.29, 0.717) is 11.3 Å². The molecule has 1 N–H and O–H groups in total. The average Bonchev–Trinajstić information content (AvgIpc) is 3.14. The summed E-state index contributed by atoms with van der Waals surface area (Å²) in [5.74, 6) is -1.03. The number of hydrogen-bond donors (Lipinski definition) is 1. The minimum absolute atomic E-state index is 0.166. The van der Waals surface area contributed by atoms with Crippen molar-refractivity contribution >= 4 is 34.0 Å². The van der Waals surface area contributed by atoms with Gasteiger partial charge in [0.25, 0.3) is 5.91 Å². The molecule has 0 aliphatic heterocycles. The van der Waals surface area contributed by atoms with Crippen molar-refractivity contribution in [2.24, 2.45) is 0 Å². The third-order valence-electron chi connectivity index (χ3n) is 4.58. The molecular weight excluding hydrogens is 354 g/mol. The van der Waals surface area contributed by atoms with E-state index >= 15 is 0 Å². The summed E-state index contributed by atoms with van der Waals surface area (Å²) in [5, 5.41) is 4.89. The Labute approximate surface area is 161 Å². The zero-order valence-electron chi connectivity index (χ0n) is 15.5. The van der Waals surface area contributed by atoms with E-state index in [1.54, 1.807) is 16.7 Å². The second kappa shape index (κ2) is 7.15. The quantitative estimate of drug-likeness (QED) is 0.549. The predicted molar refractivity (Wildman–Crippen MR) is 107 cm³/mol. The van der Waals surface area contributed by atoms with Crippen molar-refractivity contribution in [1.82, 2.24) is 9.38 Å². The molecule has 0 aliphatic carbocycles. The molecule has 28 heavy (non-hydrogen) atoms. The van der Waals surface area contributed by atoms with Gasteiger partial charge in [-0.05, 0) is 48.9 Å². The van der Waals surface area contributed by atoms with E-state index in [0.717, 1.165) is 16.5 Å². The number of fused-ring (bicyclic) bond motifs is 2. The molecule has 6 nitrogen and oxygen atoms in total. The number of rotatable bonds is 4. The summed E-state index contributed by atoms with van der Waals surface area (Å²) in [6.07, 6.45) is 0.658. The number of benzene rings is 2. The SMILES string of the molecule is Cc1cccc2nc(C(=O)OC(C)C(=O)Nc3ccc4ccccc4c3)cn12. The lowest BCUT2D eigenvalue weighted by Crippen LogP contribution is -2.30. The number of aromatic nitrogens is 2. The average molecular weight is 373 g/mol. The van der Waals surface area contributed by atoms with E-state index in [-0.39, 0.29) is 5.69 Å². The molecule has 0 saturated heterocycles. The fourth-order valence-electron chi connectivity index (χ4n) is 3.03. The molecule has 0 radical (unpaired) electrons. The molecule has 6 heteroatoms. The third kappa shape index (κ3) is 3.44. The van der Waals surface area contributed by atoms with E-state index in [1.165, 1.54) is 6.92 Å². The Morgan fingerprint density at radius 3 is 2.61 bits per heavy atom. The largest absolute Gasteiger partial charge is 0.448 e. The van der Waals surface area contributed by atoms with Gasteiger partial charge in [-0.3, -0.25) is 4.79 Å². The highest BCUT2D eigenvalue weighted by Gasteiger charge is 2.21. The molecule has 1 atom stereocenters. The van der Waals surface area contributed by atoms with Crippen LogP contribution in [0.3, 0.4) is 0 Å². The van der Waals surface area contributed by atoms with Gasteiger partial charge in [0.05, 0.1) is 0 Å².